The molecule has 0 unspecified atom stereocenters. The molecule has 0 aliphatic carbocycles. The Kier molecular flexibility index (Phi) is 7.22. The Hall–Kier alpha value is -2.81. The molecule has 0 saturated carbocycles. The summed E-state index contributed by atoms with van der Waals surface area (Å²) in [5, 5.41) is 4.49. The van der Waals surface area contributed by atoms with Crippen molar-refractivity contribution in [3.8, 4) is 17.4 Å². The monoisotopic (exact) mass is 376 g/mol. The van der Waals surface area contributed by atoms with Crippen LogP contribution in [0.1, 0.15) is 11.3 Å². The lowest BCUT2D eigenvalue weighted by Crippen LogP contribution is -2.25. The van der Waals surface area contributed by atoms with Crippen molar-refractivity contribution in [2.45, 2.75) is 12.1 Å². The van der Waals surface area contributed by atoms with E-state index >= 15 is 0 Å². The number of methoxy groups -OCH3 is 2. The predicted molar refractivity (Wildman–Crippen MR) is 99.3 cm³/mol. The molecule has 1 amide bonds. The lowest BCUT2D eigenvalue weighted by Gasteiger charge is -2.07. The molecule has 2 rings (SSSR count). The van der Waals surface area contributed by atoms with E-state index in [1.54, 1.807) is 38.5 Å². The van der Waals surface area contributed by atoms with Crippen LogP contribution in [0, 0.1) is 6.92 Å². The molecule has 0 aliphatic heterocycles. The van der Waals surface area contributed by atoms with Gasteiger partial charge in [0.05, 0.1) is 20.4 Å². The third kappa shape index (κ3) is 5.62. The molecule has 9 heteroatoms. The number of aromatic nitrogens is 2. The molecule has 1 heterocycles. The van der Waals surface area contributed by atoms with Crippen molar-refractivity contribution < 1.29 is 19.0 Å². The predicted octanol–water partition coefficient (Wildman–Crippen LogP) is 2.05. The van der Waals surface area contributed by atoms with Crippen molar-refractivity contribution in [2.24, 2.45) is 5.10 Å². The fourth-order valence-corrected chi connectivity index (χ4v) is 2.37. The standard InChI is InChI=1S/C17H20N4O4S/c1-11-7-16(20-17(19-11)26-4)25-10-15(22)21-18-9-12-5-6-13(23-2)8-14(12)24-3/h5-9H,10H2,1-4H3,(H,21,22)/b18-9+. The second kappa shape index (κ2) is 9.62. The Balaban J connectivity index is 1.91. The topological polar surface area (TPSA) is 94.9 Å². The average molecular weight is 376 g/mol. The van der Waals surface area contributed by atoms with Gasteiger partial charge < -0.3 is 14.2 Å². The zero-order chi connectivity index (χ0) is 18.9. The number of benzene rings is 1. The number of hydrogen-bond acceptors (Lipinski definition) is 8. The molecule has 0 fully saturated rings. The van der Waals surface area contributed by atoms with Gasteiger partial charge >= 0.3 is 0 Å². The lowest BCUT2D eigenvalue weighted by atomic mass is 10.2. The van der Waals surface area contributed by atoms with E-state index in [0.717, 1.165) is 5.69 Å². The van der Waals surface area contributed by atoms with Crippen LogP contribution < -0.4 is 19.6 Å². The third-order valence-electron chi connectivity index (χ3n) is 3.18. The van der Waals surface area contributed by atoms with Crippen molar-refractivity contribution in [2.75, 3.05) is 27.1 Å². The van der Waals surface area contributed by atoms with Gasteiger partial charge in [-0.15, -0.1) is 0 Å². The summed E-state index contributed by atoms with van der Waals surface area (Å²) in [6.07, 6.45) is 3.35. The highest BCUT2D eigenvalue weighted by molar-refractivity contribution is 7.98. The maximum Gasteiger partial charge on any atom is 0.278 e. The maximum atomic E-state index is 11.9. The first-order chi connectivity index (χ1) is 12.5. The van der Waals surface area contributed by atoms with E-state index in [-0.39, 0.29) is 6.61 Å². The minimum atomic E-state index is -0.407. The van der Waals surface area contributed by atoms with E-state index in [2.05, 4.69) is 20.5 Å². The number of rotatable bonds is 8. The molecule has 8 nitrogen and oxygen atoms in total. The van der Waals surface area contributed by atoms with Crippen molar-refractivity contribution in [1.82, 2.24) is 15.4 Å². The van der Waals surface area contributed by atoms with E-state index in [4.69, 9.17) is 14.2 Å². The minimum Gasteiger partial charge on any atom is -0.497 e. The van der Waals surface area contributed by atoms with Crippen molar-refractivity contribution >= 4 is 23.9 Å². The molecule has 0 aliphatic rings. The number of aryl methyl sites for hydroxylation is 1. The van der Waals surface area contributed by atoms with Crippen LogP contribution in [0.4, 0.5) is 0 Å². The van der Waals surface area contributed by atoms with Crippen LogP contribution in [0.5, 0.6) is 17.4 Å². The normalized spacial score (nSPS) is 10.6. The molecule has 26 heavy (non-hydrogen) atoms. The van der Waals surface area contributed by atoms with Crippen LogP contribution in [0.2, 0.25) is 0 Å². The highest BCUT2D eigenvalue weighted by atomic mass is 32.2. The summed E-state index contributed by atoms with van der Waals surface area (Å²) in [6, 6.07) is 6.94. The van der Waals surface area contributed by atoms with Gasteiger partial charge in [0.15, 0.2) is 11.8 Å². The van der Waals surface area contributed by atoms with Crippen LogP contribution in [-0.2, 0) is 4.79 Å². The van der Waals surface area contributed by atoms with Crippen LogP contribution in [0.3, 0.4) is 0 Å². The second-order valence-corrected chi connectivity index (χ2v) is 5.80. The van der Waals surface area contributed by atoms with Crippen LogP contribution in [-0.4, -0.2) is 49.2 Å². The summed E-state index contributed by atoms with van der Waals surface area (Å²) in [6.45, 7) is 1.63. The van der Waals surface area contributed by atoms with Gasteiger partial charge in [-0.3, -0.25) is 4.79 Å². The summed E-state index contributed by atoms with van der Waals surface area (Å²) < 4.78 is 15.8. The Labute approximate surface area is 156 Å². The van der Waals surface area contributed by atoms with Crippen molar-refractivity contribution in [3.05, 3.63) is 35.5 Å². The van der Waals surface area contributed by atoms with E-state index in [1.807, 2.05) is 13.2 Å². The van der Waals surface area contributed by atoms with Gasteiger partial charge in [-0.2, -0.15) is 10.1 Å². The Bertz CT molecular complexity index is 798. The van der Waals surface area contributed by atoms with E-state index in [1.165, 1.54) is 18.0 Å². The van der Waals surface area contributed by atoms with Crippen molar-refractivity contribution in [1.29, 1.82) is 0 Å². The summed E-state index contributed by atoms with van der Waals surface area (Å²) in [5.74, 6) is 1.19. The number of ether oxygens (including phenoxy) is 3. The van der Waals surface area contributed by atoms with Gasteiger partial charge in [0.1, 0.15) is 11.5 Å². The SMILES string of the molecule is COc1ccc(/C=N/NC(=O)COc2cc(C)nc(SC)n2)c(OC)c1. The fourth-order valence-electron chi connectivity index (χ4n) is 1.95. The number of carbonyl (C=O) groups is 1. The smallest absolute Gasteiger partial charge is 0.278 e. The summed E-state index contributed by atoms with van der Waals surface area (Å²) >= 11 is 1.40. The molecule has 0 radical (unpaired) electrons. The third-order valence-corrected chi connectivity index (χ3v) is 3.73. The summed E-state index contributed by atoms with van der Waals surface area (Å²) in [7, 11) is 3.12. The second-order valence-electron chi connectivity index (χ2n) is 5.02. The molecule has 1 N–H and O–H groups in total. The zero-order valence-corrected chi connectivity index (χ0v) is 15.8. The van der Waals surface area contributed by atoms with Crippen LogP contribution in [0.25, 0.3) is 0 Å². The van der Waals surface area contributed by atoms with Crippen molar-refractivity contribution in [3.63, 3.8) is 0 Å². The number of carbonyl (C=O) groups excluding carboxylic acids is 1. The van der Waals surface area contributed by atoms with Gasteiger partial charge in [-0.25, -0.2) is 10.4 Å². The molecule has 1 aromatic carbocycles. The number of hydrogen-bond donors (Lipinski definition) is 1. The molecular formula is C17H20N4O4S. The molecule has 0 saturated heterocycles. The lowest BCUT2D eigenvalue weighted by molar-refractivity contribution is -0.123. The number of nitrogens with one attached hydrogen (secondary N) is 1. The molecule has 0 atom stereocenters. The Morgan fingerprint density at radius 3 is 2.77 bits per heavy atom. The Morgan fingerprint density at radius 2 is 2.08 bits per heavy atom. The quantitative estimate of drug-likeness (QED) is 0.326. The van der Waals surface area contributed by atoms with Gasteiger partial charge in [0, 0.05) is 23.4 Å². The van der Waals surface area contributed by atoms with Gasteiger partial charge in [0.2, 0.25) is 5.88 Å². The van der Waals surface area contributed by atoms with Crippen LogP contribution in [0.15, 0.2) is 34.5 Å². The van der Waals surface area contributed by atoms with Crippen LogP contribution >= 0.6 is 11.8 Å². The molecule has 0 spiro atoms. The summed E-state index contributed by atoms with van der Waals surface area (Å²) in [5.41, 5.74) is 3.86. The molecular weight excluding hydrogens is 356 g/mol. The highest BCUT2D eigenvalue weighted by Gasteiger charge is 2.06. The molecule has 1 aromatic heterocycles. The Morgan fingerprint density at radius 1 is 1.27 bits per heavy atom. The first-order valence-corrected chi connectivity index (χ1v) is 8.84. The minimum absolute atomic E-state index is 0.207. The molecule has 0 bridgehead atoms. The first kappa shape index (κ1) is 19.5. The summed E-state index contributed by atoms with van der Waals surface area (Å²) in [4.78, 5) is 20.2. The fraction of sp³-hybridized carbons (Fsp3) is 0.294. The van der Waals surface area contributed by atoms with Gasteiger partial charge in [-0.1, -0.05) is 11.8 Å². The number of amides is 1. The largest absolute Gasteiger partial charge is 0.497 e. The van der Waals surface area contributed by atoms with E-state index in [0.29, 0.717) is 28.1 Å². The molecule has 2 aromatic rings. The highest BCUT2D eigenvalue weighted by Crippen LogP contribution is 2.23. The first-order valence-electron chi connectivity index (χ1n) is 7.62. The van der Waals surface area contributed by atoms with Gasteiger partial charge in [-0.05, 0) is 25.3 Å². The van der Waals surface area contributed by atoms with Gasteiger partial charge in [0.25, 0.3) is 5.91 Å². The van der Waals surface area contributed by atoms with E-state index < -0.39 is 5.91 Å². The number of thioether (sulfide) groups is 1. The maximum absolute atomic E-state index is 11.9. The number of nitrogens with zero attached hydrogens (tertiary/aromatic N) is 3. The zero-order valence-electron chi connectivity index (χ0n) is 15.0. The molecule has 138 valence electrons. The van der Waals surface area contributed by atoms with E-state index in [9.17, 15) is 4.79 Å². The number of hydrazone groups is 1. The average Bonchev–Trinajstić information content (AvgIpc) is 2.66.